The van der Waals surface area contributed by atoms with Crippen molar-refractivity contribution >= 4 is 47.0 Å². The van der Waals surface area contributed by atoms with Crippen LogP contribution in [0.5, 0.6) is 5.75 Å². The first-order valence-corrected chi connectivity index (χ1v) is 16.9. The summed E-state index contributed by atoms with van der Waals surface area (Å²) in [6.07, 6.45) is -2.49. The number of phenols is 1. The van der Waals surface area contributed by atoms with Crippen molar-refractivity contribution in [2.75, 3.05) is 26.0 Å². The van der Waals surface area contributed by atoms with Gasteiger partial charge < -0.3 is 35.6 Å². The molecule has 52 heavy (non-hydrogen) atoms. The van der Waals surface area contributed by atoms with E-state index in [-0.39, 0.29) is 40.7 Å². The maximum absolute atomic E-state index is 14.1. The highest BCUT2D eigenvalue weighted by molar-refractivity contribution is 7.80. The fourth-order valence-corrected chi connectivity index (χ4v) is 8.70. The largest absolute Gasteiger partial charge is 0.510 e. The van der Waals surface area contributed by atoms with Gasteiger partial charge in [-0.25, -0.2) is 4.79 Å². The van der Waals surface area contributed by atoms with Crippen molar-refractivity contribution in [3.8, 4) is 16.9 Å². The number of carbonyl (C=O) groups is 4. The molecule has 6 atom stereocenters. The third-order valence-electron chi connectivity index (χ3n) is 10.8. The van der Waals surface area contributed by atoms with E-state index in [1.54, 1.807) is 6.92 Å². The number of hydrogen-bond acceptors (Lipinski definition) is 12. The lowest BCUT2D eigenvalue weighted by molar-refractivity contribution is -0.161. The minimum Gasteiger partial charge on any atom is -0.510 e. The number of anilines is 1. The Morgan fingerprint density at radius 3 is 2.19 bits per heavy atom. The molecule has 0 bridgehead atoms. The standard InChI is InChI=1S/C38H35N3O10S/c1-16-17-12-13-24(39-36(52)40-37(49)51-15-23-20-10-6-4-8-18(20)19-9-5-7-11-21(19)23)31(44)26(17)32(45)27-25(16)33(46)28-29(41(2)3)30(43)22(14-42)34(47)38(28,50)35(27)48/h4-14,16,23,25,28-29,33,43-44,46,48,50H,15H2,1-3H3,(H2,39,40,49,52)/t16-,25+,28-,29-,33+,38+/m1/s1. The van der Waals surface area contributed by atoms with E-state index in [1.807, 2.05) is 48.5 Å². The lowest BCUT2D eigenvalue weighted by atomic mass is 9.55. The molecule has 3 aromatic rings. The van der Waals surface area contributed by atoms with Gasteiger partial charge in [-0.05, 0) is 66.1 Å². The number of Topliss-reactive ketones (excluding diaryl/α,β-unsaturated/α-hetero) is 2. The summed E-state index contributed by atoms with van der Waals surface area (Å²) in [6, 6.07) is 17.4. The maximum Gasteiger partial charge on any atom is 0.413 e. The summed E-state index contributed by atoms with van der Waals surface area (Å²) in [6.45, 7) is 1.66. The highest BCUT2D eigenvalue weighted by atomic mass is 32.1. The Morgan fingerprint density at radius 1 is 0.981 bits per heavy atom. The second-order valence-electron chi connectivity index (χ2n) is 13.7. The van der Waals surface area contributed by atoms with E-state index in [4.69, 9.17) is 17.0 Å². The normalized spacial score (nSPS) is 26.2. The van der Waals surface area contributed by atoms with Crippen LogP contribution in [-0.4, -0.2) is 97.9 Å². The van der Waals surface area contributed by atoms with Gasteiger partial charge in [0.2, 0.25) is 5.78 Å². The number of rotatable bonds is 5. The molecule has 14 heteroatoms. The molecule has 0 radical (unpaired) electrons. The van der Waals surface area contributed by atoms with E-state index < -0.39 is 81.6 Å². The number of ketones is 2. The number of benzene rings is 3. The van der Waals surface area contributed by atoms with Gasteiger partial charge in [-0.2, -0.15) is 0 Å². The number of hydrogen-bond donors (Lipinski definition) is 7. The van der Waals surface area contributed by atoms with E-state index >= 15 is 0 Å². The zero-order chi connectivity index (χ0) is 37.4. The number of nitrogens with one attached hydrogen (secondary N) is 2. The summed E-state index contributed by atoms with van der Waals surface area (Å²) >= 11 is 5.31. The molecule has 0 unspecified atom stereocenters. The Hall–Kier alpha value is -5.41. The van der Waals surface area contributed by atoms with Crippen LogP contribution >= 0.6 is 12.2 Å². The highest BCUT2D eigenvalue weighted by Crippen LogP contribution is 2.56. The molecule has 0 aliphatic heterocycles. The molecule has 0 heterocycles. The van der Waals surface area contributed by atoms with E-state index in [9.17, 15) is 44.7 Å². The monoisotopic (exact) mass is 725 g/mol. The first-order chi connectivity index (χ1) is 24.7. The SMILES string of the molecule is C[C@@H]1c2ccc(NC(=S)NC(=O)OCC3c4ccccc4-c4ccccc43)c(O)c2C(=O)C2=C(O)[C@@]3(O)C(=O)C(C=O)=C(O)[C@H](N(C)C)[C@@H]3[C@@H](O)[C@H]21. The number of alkyl carbamates (subject to hydrolysis) is 1. The fourth-order valence-electron chi connectivity index (χ4n) is 8.51. The first-order valence-electron chi connectivity index (χ1n) is 16.5. The molecule has 7 N–H and O–H groups in total. The molecule has 268 valence electrons. The van der Waals surface area contributed by atoms with Gasteiger partial charge in [0.25, 0.3) is 0 Å². The van der Waals surface area contributed by atoms with Gasteiger partial charge in [0.05, 0.1) is 29.3 Å². The number of thiocarbonyl (C=S) groups is 1. The summed E-state index contributed by atoms with van der Waals surface area (Å²) in [7, 11) is 2.99. The number of fused-ring (bicyclic) bond motifs is 6. The number of phenolic OH excluding ortho intramolecular Hbond substituents is 1. The van der Waals surface area contributed by atoms with Crippen LogP contribution in [0.4, 0.5) is 10.5 Å². The first kappa shape index (κ1) is 35.0. The van der Waals surface area contributed by atoms with Crippen LogP contribution in [0, 0.1) is 11.8 Å². The number of carbonyl (C=O) groups excluding carboxylic acids is 4. The van der Waals surface area contributed by atoms with Gasteiger partial charge in [-0.15, -0.1) is 0 Å². The molecular formula is C38H35N3O10S. The summed E-state index contributed by atoms with van der Waals surface area (Å²) in [5.41, 5.74) is -0.203. The summed E-state index contributed by atoms with van der Waals surface area (Å²) in [5.74, 6) is -8.44. The van der Waals surface area contributed by atoms with Crippen LogP contribution in [0.3, 0.4) is 0 Å². The van der Waals surface area contributed by atoms with Gasteiger partial charge in [0, 0.05) is 17.4 Å². The minimum absolute atomic E-state index is 0.0271. The minimum atomic E-state index is -2.95. The van der Waals surface area contributed by atoms with Crippen molar-refractivity contribution in [2.45, 2.75) is 36.5 Å². The molecule has 4 aliphatic carbocycles. The predicted octanol–water partition coefficient (Wildman–Crippen LogP) is 3.60. The fraction of sp³-hybridized carbons (Fsp3) is 0.289. The zero-order valence-corrected chi connectivity index (χ0v) is 29.0. The third kappa shape index (κ3) is 4.97. The molecule has 13 nitrogen and oxygen atoms in total. The number of aliphatic hydroxyl groups excluding tert-OH is 3. The molecule has 1 amide bonds. The number of nitrogens with zero attached hydrogens (tertiary/aromatic N) is 1. The van der Waals surface area contributed by atoms with Crippen LogP contribution in [0.2, 0.25) is 0 Å². The van der Waals surface area contributed by atoms with E-state index in [0.717, 1.165) is 22.3 Å². The Balaban J connectivity index is 1.13. The van der Waals surface area contributed by atoms with Crippen molar-refractivity contribution in [1.29, 1.82) is 0 Å². The predicted molar refractivity (Wildman–Crippen MR) is 191 cm³/mol. The average molecular weight is 726 g/mol. The van der Waals surface area contributed by atoms with Crippen LogP contribution in [-0.2, 0) is 14.3 Å². The Kier molecular flexibility index (Phi) is 8.53. The van der Waals surface area contributed by atoms with E-state index in [0.29, 0.717) is 0 Å². The number of ether oxygens (including phenoxy) is 1. The van der Waals surface area contributed by atoms with Gasteiger partial charge in [0.15, 0.2) is 28.5 Å². The van der Waals surface area contributed by atoms with Crippen molar-refractivity contribution < 1.29 is 49.4 Å². The smallest absolute Gasteiger partial charge is 0.413 e. The molecule has 0 saturated carbocycles. The number of aldehydes is 1. The number of likely N-dealkylation sites (N-methyl/N-ethyl adjacent to an activating group) is 1. The van der Waals surface area contributed by atoms with Crippen LogP contribution < -0.4 is 10.6 Å². The quantitative estimate of drug-likeness (QED) is 0.0870. The molecule has 0 spiro atoms. The summed E-state index contributed by atoms with van der Waals surface area (Å²) in [5, 5.41) is 62.2. The summed E-state index contributed by atoms with van der Waals surface area (Å²) in [4.78, 5) is 53.7. The van der Waals surface area contributed by atoms with Crippen molar-refractivity contribution in [3.63, 3.8) is 0 Å². The van der Waals surface area contributed by atoms with Gasteiger partial charge in [0.1, 0.15) is 23.7 Å². The number of amides is 1. The van der Waals surface area contributed by atoms with Crippen LogP contribution in [0.25, 0.3) is 11.1 Å². The highest BCUT2D eigenvalue weighted by Gasteiger charge is 2.66. The molecule has 4 aliphatic rings. The van der Waals surface area contributed by atoms with Gasteiger partial charge >= 0.3 is 6.09 Å². The molecule has 3 aromatic carbocycles. The molecule has 0 fully saturated rings. The Bertz CT molecular complexity index is 2120. The Morgan fingerprint density at radius 2 is 1.60 bits per heavy atom. The topological polar surface area (TPSA) is 206 Å². The van der Waals surface area contributed by atoms with Gasteiger partial charge in [-0.1, -0.05) is 61.5 Å². The average Bonchev–Trinajstić information content (AvgIpc) is 3.43. The van der Waals surface area contributed by atoms with Crippen LogP contribution in [0.15, 0.2) is 83.3 Å². The Labute approximate surface area is 302 Å². The van der Waals surface area contributed by atoms with Crippen molar-refractivity contribution in [3.05, 3.63) is 106 Å². The van der Waals surface area contributed by atoms with Gasteiger partial charge in [-0.3, -0.25) is 24.6 Å². The number of aromatic hydroxyl groups is 1. The van der Waals surface area contributed by atoms with Crippen molar-refractivity contribution in [1.82, 2.24) is 10.2 Å². The third-order valence-corrected chi connectivity index (χ3v) is 11.1. The number of aliphatic hydroxyl groups is 4. The summed E-state index contributed by atoms with van der Waals surface area (Å²) < 4.78 is 5.54. The lowest BCUT2D eigenvalue weighted by Crippen LogP contribution is -2.68. The maximum atomic E-state index is 14.1. The van der Waals surface area contributed by atoms with E-state index in [2.05, 4.69) is 10.6 Å². The molecule has 0 saturated heterocycles. The van der Waals surface area contributed by atoms with E-state index in [1.165, 1.54) is 31.1 Å². The second-order valence-corrected chi connectivity index (χ2v) is 14.1. The second kappa shape index (κ2) is 12.7. The zero-order valence-electron chi connectivity index (χ0n) is 28.2. The molecular weight excluding hydrogens is 690 g/mol. The molecule has 7 rings (SSSR count). The molecule has 0 aromatic heterocycles. The van der Waals surface area contributed by atoms with Crippen LogP contribution in [0.1, 0.15) is 45.8 Å². The van der Waals surface area contributed by atoms with Crippen molar-refractivity contribution in [2.24, 2.45) is 11.8 Å². The lowest BCUT2D eigenvalue weighted by Gasteiger charge is -2.53.